The number of ether oxygens (including phenoxy) is 1. The Morgan fingerprint density at radius 1 is 1.44 bits per heavy atom. The average molecular weight is 252 g/mol. The van der Waals surface area contributed by atoms with Crippen LogP contribution in [0.1, 0.15) is 26.3 Å². The summed E-state index contributed by atoms with van der Waals surface area (Å²) in [6.45, 7) is 7.67. The minimum absolute atomic E-state index is 0.0307. The molecular formula is C13H20N2O3. The van der Waals surface area contributed by atoms with Crippen molar-refractivity contribution in [3.63, 3.8) is 0 Å². The normalized spacial score (nSPS) is 13.2. The standard InChI is InChI=1S/C13H20N2O3/c1-9-11(7-6-8-12(9)15(16)17)14-10(2)13(3,4)18-5/h6-8,10,14H,1-5H3. The highest BCUT2D eigenvalue weighted by atomic mass is 16.6. The number of nitrogens with zero attached hydrogens (tertiary/aromatic N) is 1. The summed E-state index contributed by atoms with van der Waals surface area (Å²) in [5.74, 6) is 0. The molecule has 18 heavy (non-hydrogen) atoms. The summed E-state index contributed by atoms with van der Waals surface area (Å²) in [4.78, 5) is 10.5. The second-order valence-electron chi connectivity index (χ2n) is 4.88. The molecule has 5 heteroatoms. The molecule has 5 nitrogen and oxygen atoms in total. The van der Waals surface area contributed by atoms with Gasteiger partial charge >= 0.3 is 0 Å². The fraction of sp³-hybridized carbons (Fsp3) is 0.538. The predicted molar refractivity (Wildman–Crippen MR) is 72.0 cm³/mol. The van der Waals surface area contributed by atoms with E-state index in [0.29, 0.717) is 5.56 Å². The maximum Gasteiger partial charge on any atom is 0.274 e. The van der Waals surface area contributed by atoms with Crippen LogP contribution in [0.5, 0.6) is 0 Å². The van der Waals surface area contributed by atoms with Crippen molar-refractivity contribution in [2.75, 3.05) is 12.4 Å². The minimum Gasteiger partial charge on any atom is -0.379 e. The van der Waals surface area contributed by atoms with E-state index in [9.17, 15) is 10.1 Å². The smallest absolute Gasteiger partial charge is 0.274 e. The lowest BCUT2D eigenvalue weighted by molar-refractivity contribution is -0.385. The lowest BCUT2D eigenvalue weighted by Gasteiger charge is -2.32. The molecule has 0 amide bonds. The van der Waals surface area contributed by atoms with E-state index in [4.69, 9.17) is 4.74 Å². The molecule has 0 heterocycles. The lowest BCUT2D eigenvalue weighted by atomic mass is 9.99. The molecule has 0 saturated heterocycles. The van der Waals surface area contributed by atoms with Gasteiger partial charge in [0.05, 0.1) is 16.6 Å². The Morgan fingerprint density at radius 3 is 2.56 bits per heavy atom. The third-order valence-electron chi connectivity index (χ3n) is 3.44. The van der Waals surface area contributed by atoms with Crippen molar-refractivity contribution in [1.82, 2.24) is 0 Å². The van der Waals surface area contributed by atoms with Crippen LogP contribution in [0.15, 0.2) is 18.2 Å². The van der Waals surface area contributed by atoms with Crippen molar-refractivity contribution in [2.45, 2.75) is 39.3 Å². The van der Waals surface area contributed by atoms with Crippen molar-refractivity contribution in [3.8, 4) is 0 Å². The maximum atomic E-state index is 10.9. The SMILES string of the molecule is COC(C)(C)C(C)Nc1cccc([N+](=O)[O-])c1C. The number of nitro groups is 1. The van der Waals surface area contributed by atoms with Crippen LogP contribution in [-0.2, 0) is 4.74 Å². The number of methoxy groups -OCH3 is 1. The van der Waals surface area contributed by atoms with Gasteiger partial charge in [0.1, 0.15) is 0 Å². The minimum atomic E-state index is -0.368. The molecule has 0 bridgehead atoms. The van der Waals surface area contributed by atoms with Crippen LogP contribution in [0.4, 0.5) is 11.4 Å². The molecule has 1 aromatic rings. The van der Waals surface area contributed by atoms with Gasteiger partial charge in [-0.05, 0) is 33.8 Å². The van der Waals surface area contributed by atoms with Crippen LogP contribution < -0.4 is 5.32 Å². The number of rotatable bonds is 5. The van der Waals surface area contributed by atoms with Gasteiger partial charge in [0, 0.05) is 24.4 Å². The molecule has 1 aromatic carbocycles. The largest absolute Gasteiger partial charge is 0.379 e. The summed E-state index contributed by atoms with van der Waals surface area (Å²) in [5.41, 5.74) is 1.18. The van der Waals surface area contributed by atoms with Crippen molar-refractivity contribution in [1.29, 1.82) is 0 Å². The summed E-state index contributed by atoms with van der Waals surface area (Å²) < 4.78 is 5.39. The van der Waals surface area contributed by atoms with Gasteiger partial charge in [0.15, 0.2) is 0 Å². The first-order chi connectivity index (χ1) is 8.29. The summed E-state index contributed by atoms with van der Waals surface area (Å²) >= 11 is 0. The fourth-order valence-corrected chi connectivity index (χ4v) is 1.56. The van der Waals surface area contributed by atoms with Crippen LogP contribution >= 0.6 is 0 Å². The van der Waals surface area contributed by atoms with Crippen LogP contribution in [-0.4, -0.2) is 23.7 Å². The number of nitrogens with one attached hydrogen (secondary N) is 1. The Kier molecular flexibility index (Phi) is 4.29. The molecule has 0 aliphatic carbocycles. The average Bonchev–Trinajstić information content (AvgIpc) is 2.31. The van der Waals surface area contributed by atoms with Crippen LogP contribution in [0.3, 0.4) is 0 Å². The molecule has 1 atom stereocenters. The van der Waals surface area contributed by atoms with Gasteiger partial charge in [-0.1, -0.05) is 6.07 Å². The fourth-order valence-electron chi connectivity index (χ4n) is 1.56. The van der Waals surface area contributed by atoms with E-state index in [1.807, 2.05) is 26.8 Å². The van der Waals surface area contributed by atoms with Gasteiger partial charge in [0.2, 0.25) is 0 Å². The van der Waals surface area contributed by atoms with Gasteiger partial charge in [-0.2, -0.15) is 0 Å². The quantitative estimate of drug-likeness (QED) is 0.646. The first-order valence-electron chi connectivity index (χ1n) is 5.85. The van der Waals surface area contributed by atoms with E-state index >= 15 is 0 Å². The Bertz CT molecular complexity index is 444. The topological polar surface area (TPSA) is 64.4 Å². The van der Waals surface area contributed by atoms with E-state index in [1.165, 1.54) is 6.07 Å². The van der Waals surface area contributed by atoms with Gasteiger partial charge in [0.25, 0.3) is 5.69 Å². The Balaban J connectivity index is 2.99. The third-order valence-corrected chi connectivity index (χ3v) is 3.44. The van der Waals surface area contributed by atoms with Crippen LogP contribution in [0.2, 0.25) is 0 Å². The van der Waals surface area contributed by atoms with Gasteiger partial charge < -0.3 is 10.1 Å². The van der Waals surface area contributed by atoms with E-state index < -0.39 is 0 Å². The summed E-state index contributed by atoms with van der Waals surface area (Å²) in [6, 6.07) is 5.06. The molecule has 0 fully saturated rings. The molecule has 0 aromatic heterocycles. The number of hydrogen-bond donors (Lipinski definition) is 1. The van der Waals surface area contributed by atoms with Gasteiger partial charge in [-0.25, -0.2) is 0 Å². The second kappa shape index (κ2) is 5.35. The Labute approximate surface area is 107 Å². The highest BCUT2D eigenvalue weighted by Crippen LogP contribution is 2.27. The van der Waals surface area contributed by atoms with Crippen LogP contribution in [0.25, 0.3) is 0 Å². The monoisotopic (exact) mass is 252 g/mol. The summed E-state index contributed by atoms with van der Waals surface area (Å²) in [6.07, 6.45) is 0. The van der Waals surface area contributed by atoms with Crippen molar-refractivity contribution >= 4 is 11.4 Å². The molecule has 0 saturated carbocycles. The Hall–Kier alpha value is -1.62. The van der Waals surface area contributed by atoms with Crippen molar-refractivity contribution in [3.05, 3.63) is 33.9 Å². The second-order valence-corrected chi connectivity index (χ2v) is 4.88. The van der Waals surface area contributed by atoms with Crippen molar-refractivity contribution in [2.24, 2.45) is 0 Å². The Morgan fingerprint density at radius 2 is 2.06 bits per heavy atom. The van der Waals surface area contributed by atoms with Gasteiger partial charge in [-0.3, -0.25) is 10.1 Å². The molecule has 0 spiro atoms. The molecule has 100 valence electrons. The zero-order valence-corrected chi connectivity index (χ0v) is 11.5. The van der Waals surface area contributed by atoms with Gasteiger partial charge in [-0.15, -0.1) is 0 Å². The van der Waals surface area contributed by atoms with Crippen molar-refractivity contribution < 1.29 is 9.66 Å². The zero-order chi connectivity index (χ0) is 13.9. The zero-order valence-electron chi connectivity index (χ0n) is 11.5. The molecular weight excluding hydrogens is 232 g/mol. The number of nitro benzene ring substituents is 1. The maximum absolute atomic E-state index is 10.9. The first-order valence-corrected chi connectivity index (χ1v) is 5.85. The highest BCUT2D eigenvalue weighted by molar-refractivity contribution is 5.60. The molecule has 1 N–H and O–H groups in total. The third kappa shape index (κ3) is 2.98. The van der Waals surface area contributed by atoms with E-state index in [1.54, 1.807) is 20.1 Å². The predicted octanol–water partition coefficient (Wildman–Crippen LogP) is 3.13. The van der Waals surface area contributed by atoms with E-state index in [2.05, 4.69) is 5.32 Å². The number of benzene rings is 1. The molecule has 0 aliphatic rings. The summed E-state index contributed by atoms with van der Waals surface area (Å²) in [5, 5.41) is 14.1. The molecule has 1 unspecified atom stereocenters. The summed E-state index contributed by atoms with van der Waals surface area (Å²) in [7, 11) is 1.65. The number of hydrogen-bond acceptors (Lipinski definition) is 4. The first kappa shape index (κ1) is 14.4. The highest BCUT2D eigenvalue weighted by Gasteiger charge is 2.26. The van der Waals surface area contributed by atoms with E-state index in [0.717, 1.165) is 5.69 Å². The lowest BCUT2D eigenvalue weighted by Crippen LogP contribution is -2.41. The molecule has 0 aliphatic heterocycles. The molecule has 1 rings (SSSR count). The number of anilines is 1. The molecule has 0 radical (unpaired) electrons. The van der Waals surface area contributed by atoms with Crippen LogP contribution in [0, 0.1) is 17.0 Å². The van der Waals surface area contributed by atoms with E-state index in [-0.39, 0.29) is 22.3 Å².